The maximum Gasteiger partial charge on any atom is 0.264 e. The van der Waals surface area contributed by atoms with E-state index in [0.29, 0.717) is 23.4 Å². The highest BCUT2D eigenvalue weighted by Gasteiger charge is 2.50. The predicted octanol–water partition coefficient (Wildman–Crippen LogP) is 3.38. The number of Topliss-reactive ketones (excluding diaryl/α,β-unsaturated/α-hetero) is 1. The first-order valence-corrected chi connectivity index (χ1v) is 8.21. The van der Waals surface area contributed by atoms with Gasteiger partial charge in [-0.1, -0.05) is 60.2 Å². The smallest absolute Gasteiger partial charge is 0.264 e. The maximum atomic E-state index is 12.9. The van der Waals surface area contributed by atoms with Gasteiger partial charge in [-0.25, -0.2) is 0 Å². The van der Waals surface area contributed by atoms with Gasteiger partial charge in [-0.2, -0.15) is 0 Å². The van der Waals surface area contributed by atoms with Crippen LogP contribution in [0, 0.1) is 6.92 Å². The summed E-state index contributed by atoms with van der Waals surface area (Å²) in [6.45, 7) is 7.93. The number of anilines is 1. The van der Waals surface area contributed by atoms with Crippen molar-refractivity contribution in [3.8, 4) is 0 Å². The van der Waals surface area contributed by atoms with Crippen molar-refractivity contribution in [2.75, 3.05) is 11.4 Å². The molecule has 0 unspecified atom stereocenters. The molecule has 1 amide bonds. The number of para-hydroxylation sites is 1. The summed E-state index contributed by atoms with van der Waals surface area (Å²) in [5, 5.41) is 11.1. The second-order valence-electron chi connectivity index (χ2n) is 6.69. The Hall–Kier alpha value is -2.72. The lowest BCUT2D eigenvalue weighted by molar-refractivity contribution is -0.135. The molecule has 1 atom stereocenters. The van der Waals surface area contributed by atoms with Gasteiger partial charge in [0.25, 0.3) is 5.91 Å². The number of amides is 1. The third-order valence-electron chi connectivity index (χ3n) is 4.46. The van der Waals surface area contributed by atoms with Crippen molar-refractivity contribution < 1.29 is 14.7 Å². The van der Waals surface area contributed by atoms with Crippen molar-refractivity contribution in [3.05, 3.63) is 77.4 Å². The van der Waals surface area contributed by atoms with Crippen LogP contribution in [0.15, 0.2) is 60.7 Å². The Morgan fingerprint density at radius 2 is 1.80 bits per heavy atom. The summed E-state index contributed by atoms with van der Waals surface area (Å²) in [5.74, 6) is -0.736. The number of hydrogen-bond donors (Lipinski definition) is 1. The summed E-state index contributed by atoms with van der Waals surface area (Å²) in [6.07, 6.45) is -0.279. The van der Waals surface area contributed by atoms with E-state index in [-0.39, 0.29) is 12.2 Å². The lowest BCUT2D eigenvalue weighted by atomic mass is 9.88. The van der Waals surface area contributed by atoms with Crippen LogP contribution >= 0.6 is 0 Å². The zero-order valence-corrected chi connectivity index (χ0v) is 14.5. The fourth-order valence-corrected chi connectivity index (χ4v) is 3.18. The van der Waals surface area contributed by atoms with Crippen LogP contribution in [0.4, 0.5) is 5.69 Å². The monoisotopic (exact) mass is 335 g/mol. The van der Waals surface area contributed by atoms with E-state index < -0.39 is 11.5 Å². The minimum absolute atomic E-state index is 0.261. The number of ketones is 1. The van der Waals surface area contributed by atoms with E-state index in [9.17, 15) is 14.7 Å². The first-order valence-electron chi connectivity index (χ1n) is 8.21. The topological polar surface area (TPSA) is 57.6 Å². The lowest BCUT2D eigenvalue weighted by Gasteiger charge is -2.23. The summed E-state index contributed by atoms with van der Waals surface area (Å²) >= 11 is 0. The highest BCUT2D eigenvalue weighted by molar-refractivity contribution is 6.10. The summed E-state index contributed by atoms with van der Waals surface area (Å²) in [7, 11) is 0. The molecule has 1 N–H and O–H groups in total. The molecule has 2 aromatic carbocycles. The molecule has 4 nitrogen and oxygen atoms in total. The number of fused-ring (bicyclic) bond motifs is 1. The number of hydrogen-bond acceptors (Lipinski definition) is 3. The highest BCUT2D eigenvalue weighted by atomic mass is 16.3. The molecular formula is C21H21NO3. The molecule has 3 rings (SSSR count). The Morgan fingerprint density at radius 1 is 1.16 bits per heavy atom. The molecule has 0 aliphatic carbocycles. The van der Waals surface area contributed by atoms with Crippen molar-refractivity contribution in [1.82, 2.24) is 0 Å². The molecule has 1 heterocycles. The van der Waals surface area contributed by atoms with Crippen molar-refractivity contribution in [2.24, 2.45) is 0 Å². The largest absolute Gasteiger partial charge is 0.375 e. The van der Waals surface area contributed by atoms with Gasteiger partial charge in [0, 0.05) is 17.7 Å². The van der Waals surface area contributed by atoms with Gasteiger partial charge >= 0.3 is 0 Å². The minimum Gasteiger partial charge on any atom is -0.375 e. The summed E-state index contributed by atoms with van der Waals surface area (Å²) in [5.41, 5.74) is 1.61. The van der Waals surface area contributed by atoms with Crippen molar-refractivity contribution >= 4 is 17.4 Å². The number of nitrogens with zero attached hydrogens (tertiary/aromatic N) is 1. The molecule has 0 saturated heterocycles. The fourth-order valence-electron chi connectivity index (χ4n) is 3.18. The molecule has 0 saturated carbocycles. The third kappa shape index (κ3) is 3.01. The van der Waals surface area contributed by atoms with E-state index in [4.69, 9.17) is 0 Å². The van der Waals surface area contributed by atoms with Crippen LogP contribution in [0.25, 0.3) is 0 Å². The SMILES string of the molecule is C=C(C)CN1C(=O)[C@@](O)(CC(=O)c2ccc(C)cc2)c2ccccc21. The lowest BCUT2D eigenvalue weighted by Crippen LogP contribution is -2.42. The van der Waals surface area contributed by atoms with Crippen molar-refractivity contribution in [3.63, 3.8) is 0 Å². The van der Waals surface area contributed by atoms with Crippen LogP contribution < -0.4 is 4.90 Å². The average molecular weight is 335 g/mol. The minimum atomic E-state index is -1.84. The number of benzene rings is 2. The number of aliphatic hydroxyl groups is 1. The van der Waals surface area contributed by atoms with Gasteiger partial charge < -0.3 is 10.0 Å². The van der Waals surface area contributed by atoms with Gasteiger partial charge in [-0.05, 0) is 19.9 Å². The van der Waals surface area contributed by atoms with E-state index in [1.54, 1.807) is 30.3 Å². The molecule has 0 aromatic heterocycles. The van der Waals surface area contributed by atoms with Gasteiger partial charge in [-0.3, -0.25) is 9.59 Å². The summed E-state index contributed by atoms with van der Waals surface area (Å²) < 4.78 is 0. The molecule has 0 radical (unpaired) electrons. The molecule has 1 aliphatic heterocycles. The van der Waals surface area contributed by atoms with Crippen LogP contribution in [-0.4, -0.2) is 23.3 Å². The second-order valence-corrected chi connectivity index (χ2v) is 6.69. The molecular weight excluding hydrogens is 314 g/mol. The number of rotatable bonds is 5. The molecule has 0 bridgehead atoms. The Balaban J connectivity index is 1.96. The van der Waals surface area contributed by atoms with E-state index in [1.165, 1.54) is 4.90 Å². The van der Waals surface area contributed by atoms with E-state index in [2.05, 4.69) is 6.58 Å². The molecule has 25 heavy (non-hydrogen) atoms. The van der Waals surface area contributed by atoms with Crippen LogP contribution in [0.3, 0.4) is 0 Å². The van der Waals surface area contributed by atoms with Crippen molar-refractivity contribution in [2.45, 2.75) is 25.9 Å². The van der Waals surface area contributed by atoms with Gasteiger partial charge in [0.1, 0.15) is 0 Å². The summed E-state index contributed by atoms with van der Waals surface area (Å²) in [4.78, 5) is 27.1. The molecule has 0 spiro atoms. The van der Waals surface area contributed by atoms with Gasteiger partial charge in [0.2, 0.25) is 0 Å². The van der Waals surface area contributed by atoms with E-state index in [1.807, 2.05) is 32.0 Å². The Bertz CT molecular complexity index is 854. The third-order valence-corrected chi connectivity index (χ3v) is 4.46. The van der Waals surface area contributed by atoms with Crippen LogP contribution in [0.1, 0.15) is 34.8 Å². The van der Waals surface area contributed by atoms with Gasteiger partial charge in [0.15, 0.2) is 11.4 Å². The fraction of sp³-hybridized carbons (Fsp3) is 0.238. The van der Waals surface area contributed by atoms with Crippen LogP contribution in [0.2, 0.25) is 0 Å². The zero-order chi connectivity index (χ0) is 18.2. The quantitative estimate of drug-likeness (QED) is 0.673. The molecule has 1 aliphatic rings. The van der Waals surface area contributed by atoms with E-state index in [0.717, 1.165) is 11.1 Å². The van der Waals surface area contributed by atoms with E-state index >= 15 is 0 Å². The normalized spacial score (nSPS) is 19.0. The standard InChI is InChI=1S/C21H21NO3/c1-14(2)13-22-18-7-5-4-6-17(18)21(25,20(22)24)12-19(23)16-10-8-15(3)9-11-16/h4-11,25H,1,12-13H2,2-3H3/t21-/m1/s1. The first-order chi connectivity index (χ1) is 11.8. The molecule has 128 valence electrons. The molecule has 4 heteroatoms. The van der Waals surface area contributed by atoms with Gasteiger partial charge in [-0.15, -0.1) is 0 Å². The maximum absolute atomic E-state index is 12.9. The number of carbonyl (C=O) groups is 2. The molecule has 0 fully saturated rings. The predicted molar refractivity (Wildman–Crippen MR) is 97.6 cm³/mol. The Labute approximate surface area is 147 Å². The first kappa shape index (κ1) is 17.1. The zero-order valence-electron chi connectivity index (χ0n) is 14.5. The van der Waals surface area contributed by atoms with Crippen LogP contribution in [-0.2, 0) is 10.4 Å². The number of aryl methyl sites for hydroxylation is 1. The van der Waals surface area contributed by atoms with Crippen LogP contribution in [0.5, 0.6) is 0 Å². The Kier molecular flexibility index (Phi) is 4.31. The second kappa shape index (κ2) is 6.30. The van der Waals surface area contributed by atoms with Crippen molar-refractivity contribution in [1.29, 1.82) is 0 Å². The highest BCUT2D eigenvalue weighted by Crippen LogP contribution is 2.43. The Morgan fingerprint density at radius 3 is 2.44 bits per heavy atom. The summed E-state index contributed by atoms with van der Waals surface area (Å²) in [6, 6.07) is 14.2. The average Bonchev–Trinajstić information content (AvgIpc) is 2.77. The number of carbonyl (C=O) groups excluding carboxylic acids is 2. The molecule has 2 aromatic rings. The van der Waals surface area contributed by atoms with Gasteiger partial charge in [0.05, 0.1) is 12.1 Å².